The molecule has 0 saturated heterocycles. The second-order valence-electron chi connectivity index (χ2n) is 8.75. The first-order chi connectivity index (χ1) is 17.8. The minimum absolute atomic E-state index is 0.0489. The number of benzene rings is 3. The Morgan fingerprint density at radius 3 is 2.37 bits per heavy atom. The lowest BCUT2D eigenvalue weighted by Gasteiger charge is -2.28. The van der Waals surface area contributed by atoms with Crippen LogP contribution in [0.2, 0.25) is 5.02 Å². The molecule has 0 spiro atoms. The zero-order valence-corrected chi connectivity index (χ0v) is 22.0. The number of anilines is 1. The summed E-state index contributed by atoms with van der Waals surface area (Å²) in [5, 5.41) is 8.36. The van der Waals surface area contributed by atoms with Crippen LogP contribution < -0.4 is 10.1 Å². The van der Waals surface area contributed by atoms with Crippen molar-refractivity contribution < 1.29 is 31.5 Å². The molecule has 1 aliphatic rings. The first kappa shape index (κ1) is 27.8. The van der Waals surface area contributed by atoms with E-state index < -0.39 is 28.8 Å². The molecule has 3 aromatic rings. The van der Waals surface area contributed by atoms with Crippen molar-refractivity contribution in [1.82, 2.24) is 5.01 Å². The van der Waals surface area contributed by atoms with Crippen molar-refractivity contribution in [3.63, 3.8) is 0 Å². The van der Waals surface area contributed by atoms with Gasteiger partial charge in [0, 0.05) is 15.7 Å². The lowest BCUT2D eigenvalue weighted by Crippen LogP contribution is -2.38. The molecule has 0 saturated carbocycles. The fraction of sp³-hybridized carbons (Fsp3) is 0.231. The molecule has 0 radical (unpaired) electrons. The predicted molar refractivity (Wildman–Crippen MR) is 138 cm³/mol. The molecule has 0 aromatic heterocycles. The Kier molecular flexibility index (Phi) is 7.98. The first-order valence-corrected chi connectivity index (χ1v) is 12.3. The largest absolute Gasteiger partial charge is 0.435 e. The van der Waals surface area contributed by atoms with Crippen molar-refractivity contribution in [2.45, 2.75) is 25.1 Å². The number of nitrogens with one attached hydrogen (secondary N) is 1. The number of ether oxygens (including phenoxy) is 1. The molecule has 0 bridgehead atoms. The second-order valence-corrected chi connectivity index (χ2v) is 10.1. The molecule has 38 heavy (non-hydrogen) atoms. The van der Waals surface area contributed by atoms with Gasteiger partial charge in [-0.25, -0.2) is 0 Å². The van der Waals surface area contributed by atoms with Gasteiger partial charge in [0.1, 0.15) is 12.3 Å². The lowest BCUT2D eigenvalue weighted by atomic mass is 9.76. The molecule has 3 aromatic carbocycles. The zero-order valence-electron chi connectivity index (χ0n) is 19.7. The average Bonchev–Trinajstić information content (AvgIpc) is 3.16. The van der Waals surface area contributed by atoms with Crippen LogP contribution in [0.3, 0.4) is 0 Å². The van der Waals surface area contributed by atoms with Crippen molar-refractivity contribution in [1.29, 1.82) is 0 Å². The van der Waals surface area contributed by atoms with Crippen LogP contribution in [0, 0.1) is 0 Å². The van der Waals surface area contributed by atoms with Crippen LogP contribution in [-0.2, 0) is 16.4 Å². The van der Waals surface area contributed by atoms with Crippen LogP contribution in [0.25, 0.3) is 0 Å². The number of rotatable bonds is 7. The van der Waals surface area contributed by atoms with Gasteiger partial charge in [-0.2, -0.15) is 27.1 Å². The zero-order chi connectivity index (χ0) is 27.7. The van der Waals surface area contributed by atoms with E-state index in [9.17, 15) is 26.7 Å². The molecule has 1 unspecified atom stereocenters. The normalized spacial score (nSPS) is 17.5. The Balaban J connectivity index is 1.66. The fourth-order valence-electron chi connectivity index (χ4n) is 4.22. The van der Waals surface area contributed by atoms with Gasteiger partial charge in [0.2, 0.25) is 5.91 Å². The van der Waals surface area contributed by atoms with Gasteiger partial charge in [0.15, 0.2) is 0 Å². The number of carbonyl (C=O) groups is 1. The quantitative estimate of drug-likeness (QED) is 0.283. The van der Waals surface area contributed by atoms with E-state index in [2.05, 4.69) is 31.1 Å². The van der Waals surface area contributed by atoms with Crippen molar-refractivity contribution in [3.8, 4) is 5.75 Å². The molecular formula is C26H20BrClF5N3O2. The first-order valence-electron chi connectivity index (χ1n) is 11.2. The Morgan fingerprint density at radius 1 is 1.13 bits per heavy atom. The topological polar surface area (TPSA) is 53.9 Å². The van der Waals surface area contributed by atoms with Crippen molar-refractivity contribution in [3.05, 3.63) is 92.9 Å². The van der Waals surface area contributed by atoms with E-state index in [-0.39, 0.29) is 24.7 Å². The maximum absolute atomic E-state index is 13.3. The Labute approximate surface area is 228 Å². The molecule has 1 heterocycles. The van der Waals surface area contributed by atoms with E-state index >= 15 is 0 Å². The van der Waals surface area contributed by atoms with Gasteiger partial charge in [-0.3, -0.25) is 9.80 Å². The van der Waals surface area contributed by atoms with E-state index in [4.69, 9.17) is 11.6 Å². The smallest absolute Gasteiger partial charge is 0.417 e. The molecule has 200 valence electrons. The summed E-state index contributed by atoms with van der Waals surface area (Å²) >= 11 is 9.31. The van der Waals surface area contributed by atoms with Crippen LogP contribution in [0.5, 0.6) is 5.75 Å². The van der Waals surface area contributed by atoms with Crippen LogP contribution in [0.4, 0.5) is 27.6 Å². The van der Waals surface area contributed by atoms with E-state index in [0.29, 0.717) is 22.5 Å². The van der Waals surface area contributed by atoms with E-state index in [0.717, 1.165) is 10.5 Å². The van der Waals surface area contributed by atoms with Gasteiger partial charge in [0.05, 0.1) is 28.3 Å². The van der Waals surface area contributed by atoms with Gasteiger partial charge in [-0.05, 0) is 61.0 Å². The van der Waals surface area contributed by atoms with E-state index in [1.807, 2.05) is 0 Å². The molecule has 1 atom stereocenters. The van der Waals surface area contributed by atoms with Crippen molar-refractivity contribution in [2.24, 2.45) is 5.10 Å². The molecule has 5 nitrogen and oxygen atoms in total. The third kappa shape index (κ3) is 6.27. The molecule has 12 heteroatoms. The summed E-state index contributed by atoms with van der Waals surface area (Å²) in [4.78, 5) is 12.7. The van der Waals surface area contributed by atoms with Crippen LogP contribution in [-0.4, -0.2) is 36.3 Å². The third-order valence-electron chi connectivity index (χ3n) is 5.98. The number of hydrogen-bond donors (Lipinski definition) is 1. The predicted octanol–water partition coefficient (Wildman–Crippen LogP) is 7.34. The van der Waals surface area contributed by atoms with Crippen molar-refractivity contribution in [2.75, 3.05) is 18.4 Å². The van der Waals surface area contributed by atoms with Crippen LogP contribution >= 0.6 is 27.5 Å². The fourth-order valence-corrected chi connectivity index (χ4v) is 4.77. The second kappa shape index (κ2) is 10.9. The highest BCUT2D eigenvalue weighted by Gasteiger charge is 2.42. The number of alkyl halides is 5. The molecule has 1 amide bonds. The van der Waals surface area contributed by atoms with E-state index in [1.54, 1.807) is 43.3 Å². The Hall–Kier alpha value is -3.18. The molecule has 1 N–H and O–H groups in total. The number of halogens is 7. The summed E-state index contributed by atoms with van der Waals surface area (Å²) in [6, 6.07) is 16.2. The number of hydrogen-bond acceptors (Lipinski definition) is 4. The molecule has 0 aliphatic carbocycles. The Bertz CT molecular complexity index is 1350. The Morgan fingerprint density at radius 2 is 1.79 bits per heavy atom. The highest BCUT2D eigenvalue weighted by atomic mass is 79.9. The van der Waals surface area contributed by atoms with Gasteiger partial charge in [-0.1, -0.05) is 45.7 Å². The van der Waals surface area contributed by atoms with Gasteiger partial charge >= 0.3 is 12.8 Å². The summed E-state index contributed by atoms with van der Waals surface area (Å²) in [5.74, 6) is -0.405. The monoisotopic (exact) mass is 615 g/mol. The molecular weight excluding hydrogens is 597 g/mol. The van der Waals surface area contributed by atoms with Crippen LogP contribution in [0.1, 0.15) is 23.6 Å². The standard InChI is InChI=1S/C26H20BrClF5N3O2/c1-25(16-3-9-19(10-4-16)38-24(29)30)14-36(13-22(37)34-18-7-5-17(27)6-8-18)35-23(25)15-2-11-20(21(28)12-15)26(31,32)33/h2-12,24H,13-14H2,1H3,(H,34,37). The summed E-state index contributed by atoms with van der Waals surface area (Å²) in [7, 11) is 0. The highest BCUT2D eigenvalue weighted by Crippen LogP contribution is 2.39. The number of carbonyl (C=O) groups excluding carboxylic acids is 1. The minimum Gasteiger partial charge on any atom is -0.435 e. The molecule has 1 aliphatic heterocycles. The third-order valence-corrected chi connectivity index (χ3v) is 6.82. The number of amides is 1. The molecule has 0 fully saturated rings. The highest BCUT2D eigenvalue weighted by molar-refractivity contribution is 9.10. The van der Waals surface area contributed by atoms with E-state index in [1.165, 1.54) is 29.3 Å². The summed E-state index contributed by atoms with van der Waals surface area (Å²) in [5.41, 5.74) is -0.00777. The number of hydrazone groups is 1. The van der Waals surface area contributed by atoms with Gasteiger partial charge in [-0.15, -0.1) is 0 Å². The summed E-state index contributed by atoms with van der Waals surface area (Å²) < 4.78 is 70.3. The minimum atomic E-state index is -4.63. The van der Waals surface area contributed by atoms with Gasteiger partial charge < -0.3 is 10.1 Å². The number of nitrogens with zero attached hydrogens (tertiary/aromatic N) is 2. The SMILES string of the molecule is CC1(c2ccc(OC(F)F)cc2)CN(CC(=O)Nc2ccc(Br)cc2)N=C1c1ccc(C(F)(F)F)c(Cl)c1. The lowest BCUT2D eigenvalue weighted by molar-refractivity contribution is -0.137. The molecule has 4 rings (SSSR count). The van der Waals surface area contributed by atoms with Crippen molar-refractivity contribution >= 4 is 44.8 Å². The maximum Gasteiger partial charge on any atom is 0.417 e. The van der Waals surface area contributed by atoms with Crippen LogP contribution in [0.15, 0.2) is 76.3 Å². The average molecular weight is 617 g/mol. The summed E-state index contributed by atoms with van der Waals surface area (Å²) in [6.07, 6.45) is -4.63. The van der Waals surface area contributed by atoms with Gasteiger partial charge in [0.25, 0.3) is 0 Å². The summed E-state index contributed by atoms with van der Waals surface area (Å²) in [6.45, 7) is -1.15. The maximum atomic E-state index is 13.3.